The summed E-state index contributed by atoms with van der Waals surface area (Å²) in [6.07, 6.45) is 5.75. The van der Waals surface area contributed by atoms with Gasteiger partial charge in [-0.1, -0.05) is 57.2 Å². The van der Waals surface area contributed by atoms with Crippen molar-refractivity contribution in [3.8, 4) is 5.75 Å². The first-order valence-corrected chi connectivity index (χ1v) is 10.1. The Hall–Kier alpha value is -2.75. The topological polar surface area (TPSA) is 41.6 Å². The number of carbonyl (C=O) groups excluding carboxylic acids is 1. The predicted molar refractivity (Wildman–Crippen MR) is 114 cm³/mol. The van der Waals surface area contributed by atoms with E-state index in [1.165, 1.54) is 11.3 Å². The van der Waals surface area contributed by atoms with Crippen molar-refractivity contribution in [3.63, 3.8) is 0 Å². The van der Waals surface area contributed by atoms with Gasteiger partial charge in [0.1, 0.15) is 11.4 Å². The number of benzene rings is 2. The highest BCUT2D eigenvalue weighted by molar-refractivity contribution is 5.84. The van der Waals surface area contributed by atoms with Crippen LogP contribution in [0.5, 0.6) is 5.75 Å². The van der Waals surface area contributed by atoms with Gasteiger partial charge in [0.25, 0.3) is 0 Å². The van der Waals surface area contributed by atoms with Gasteiger partial charge >= 0.3 is 0 Å². The third kappa shape index (κ3) is 2.88. The standard InChI is InChI=1S/C24H28N2O2/c1-4-16-28-19-9-7-8-18(17-19)12-14-24-23(2,3)20-10-5-6-11-21(20)26(24)15-13-22(27)25-24/h5-12,14,17H,4,13,15-16H2,1-3H3,(H,25,27). The van der Waals surface area contributed by atoms with E-state index in [-0.39, 0.29) is 11.3 Å². The molecule has 1 N–H and O–H groups in total. The van der Waals surface area contributed by atoms with E-state index < -0.39 is 5.66 Å². The molecule has 0 bridgehead atoms. The zero-order chi connectivity index (χ0) is 19.8. The van der Waals surface area contributed by atoms with Crippen molar-refractivity contribution < 1.29 is 9.53 Å². The molecule has 2 aromatic carbocycles. The molecule has 28 heavy (non-hydrogen) atoms. The molecule has 2 aliphatic heterocycles. The first kappa shape index (κ1) is 18.6. The molecule has 0 radical (unpaired) electrons. The lowest BCUT2D eigenvalue weighted by Crippen LogP contribution is -2.68. The fraction of sp³-hybridized carbons (Fsp3) is 0.375. The minimum Gasteiger partial charge on any atom is -0.494 e. The Bertz CT molecular complexity index is 918. The van der Waals surface area contributed by atoms with Gasteiger partial charge in [0.15, 0.2) is 0 Å². The van der Waals surface area contributed by atoms with Gasteiger partial charge in [0.2, 0.25) is 5.91 Å². The maximum atomic E-state index is 12.4. The fourth-order valence-electron chi connectivity index (χ4n) is 4.46. The number of carbonyl (C=O) groups is 1. The predicted octanol–water partition coefficient (Wildman–Crippen LogP) is 4.50. The summed E-state index contributed by atoms with van der Waals surface area (Å²) >= 11 is 0. The monoisotopic (exact) mass is 376 g/mol. The molecule has 0 aromatic heterocycles. The molecule has 0 aliphatic carbocycles. The number of hydrogen-bond acceptors (Lipinski definition) is 3. The van der Waals surface area contributed by atoms with E-state index in [9.17, 15) is 4.79 Å². The zero-order valence-electron chi connectivity index (χ0n) is 16.9. The Balaban J connectivity index is 1.74. The van der Waals surface area contributed by atoms with E-state index in [0.29, 0.717) is 13.0 Å². The minimum absolute atomic E-state index is 0.0989. The van der Waals surface area contributed by atoms with Gasteiger partial charge in [0.05, 0.1) is 6.61 Å². The molecule has 4 rings (SSSR count). The largest absolute Gasteiger partial charge is 0.494 e. The van der Waals surface area contributed by atoms with Crippen LogP contribution in [0.1, 0.15) is 44.7 Å². The van der Waals surface area contributed by atoms with Crippen LogP contribution in [0.4, 0.5) is 5.69 Å². The van der Waals surface area contributed by atoms with Gasteiger partial charge in [-0.25, -0.2) is 0 Å². The van der Waals surface area contributed by atoms with Crippen molar-refractivity contribution in [2.45, 2.75) is 44.7 Å². The summed E-state index contributed by atoms with van der Waals surface area (Å²) in [5.41, 5.74) is 2.70. The number of para-hydroxylation sites is 1. The molecule has 2 aliphatic rings. The summed E-state index contributed by atoms with van der Waals surface area (Å²) in [4.78, 5) is 14.8. The number of ether oxygens (including phenoxy) is 1. The van der Waals surface area contributed by atoms with Crippen LogP contribution >= 0.6 is 0 Å². The van der Waals surface area contributed by atoms with E-state index in [1.54, 1.807) is 0 Å². The van der Waals surface area contributed by atoms with Gasteiger partial charge in [-0.2, -0.15) is 0 Å². The van der Waals surface area contributed by atoms with E-state index in [4.69, 9.17) is 4.74 Å². The van der Waals surface area contributed by atoms with E-state index in [1.807, 2.05) is 18.2 Å². The molecule has 2 aromatic rings. The molecular formula is C24H28N2O2. The highest BCUT2D eigenvalue weighted by Gasteiger charge is 2.57. The molecule has 2 heterocycles. The average molecular weight is 377 g/mol. The van der Waals surface area contributed by atoms with Gasteiger partial charge in [0, 0.05) is 24.1 Å². The summed E-state index contributed by atoms with van der Waals surface area (Å²) in [5, 5.41) is 3.32. The summed E-state index contributed by atoms with van der Waals surface area (Å²) in [7, 11) is 0. The first-order chi connectivity index (χ1) is 13.5. The molecule has 1 unspecified atom stereocenters. The Morgan fingerprint density at radius 1 is 1.18 bits per heavy atom. The van der Waals surface area contributed by atoms with Gasteiger partial charge < -0.3 is 15.0 Å². The van der Waals surface area contributed by atoms with Crippen molar-refractivity contribution >= 4 is 17.7 Å². The highest BCUT2D eigenvalue weighted by atomic mass is 16.5. The smallest absolute Gasteiger partial charge is 0.223 e. The number of rotatable bonds is 5. The molecule has 0 spiro atoms. The Kier molecular flexibility index (Phi) is 4.66. The van der Waals surface area contributed by atoms with Crippen molar-refractivity contribution in [2.24, 2.45) is 0 Å². The number of fused-ring (bicyclic) bond motifs is 3. The van der Waals surface area contributed by atoms with Crippen LogP contribution in [-0.4, -0.2) is 24.7 Å². The molecule has 1 fully saturated rings. The van der Waals surface area contributed by atoms with Crippen LogP contribution < -0.4 is 15.0 Å². The number of anilines is 1. The van der Waals surface area contributed by atoms with Crippen LogP contribution in [-0.2, 0) is 10.2 Å². The maximum absolute atomic E-state index is 12.4. The summed E-state index contributed by atoms with van der Waals surface area (Å²) in [6, 6.07) is 16.6. The molecule has 1 saturated heterocycles. The molecule has 0 saturated carbocycles. The van der Waals surface area contributed by atoms with E-state index in [2.05, 4.69) is 73.5 Å². The lowest BCUT2D eigenvalue weighted by molar-refractivity contribution is -0.124. The van der Waals surface area contributed by atoms with Gasteiger partial charge in [-0.3, -0.25) is 4.79 Å². The fourth-order valence-corrected chi connectivity index (χ4v) is 4.46. The number of nitrogens with one attached hydrogen (secondary N) is 1. The molecule has 1 atom stereocenters. The van der Waals surface area contributed by atoms with Crippen LogP contribution in [0, 0.1) is 0 Å². The van der Waals surface area contributed by atoms with E-state index in [0.717, 1.165) is 24.3 Å². The second-order valence-electron chi connectivity index (χ2n) is 8.11. The highest BCUT2D eigenvalue weighted by Crippen LogP contribution is 2.52. The number of hydrogen-bond donors (Lipinski definition) is 1. The quantitative estimate of drug-likeness (QED) is 0.835. The summed E-state index contributed by atoms with van der Waals surface area (Å²) < 4.78 is 5.77. The molecule has 4 heteroatoms. The van der Waals surface area contributed by atoms with Crippen molar-refractivity contribution in [1.29, 1.82) is 0 Å². The SMILES string of the molecule is CCCOc1cccc(C=CC23NC(=O)CCN2c2ccccc2C3(C)C)c1. The van der Waals surface area contributed by atoms with Crippen LogP contribution in [0.2, 0.25) is 0 Å². The van der Waals surface area contributed by atoms with Crippen LogP contribution in [0.3, 0.4) is 0 Å². The Labute approximate surface area is 167 Å². The lowest BCUT2D eigenvalue weighted by atomic mass is 9.74. The normalized spacial score (nSPS) is 22.7. The number of amides is 1. The van der Waals surface area contributed by atoms with Gasteiger partial charge in [-0.05, 0) is 41.8 Å². The molecule has 1 amide bonds. The van der Waals surface area contributed by atoms with E-state index >= 15 is 0 Å². The first-order valence-electron chi connectivity index (χ1n) is 10.1. The molecular weight excluding hydrogens is 348 g/mol. The second-order valence-corrected chi connectivity index (χ2v) is 8.11. The summed E-state index contributed by atoms with van der Waals surface area (Å²) in [5.74, 6) is 0.974. The number of nitrogens with zero attached hydrogens (tertiary/aromatic N) is 1. The third-order valence-electron chi connectivity index (χ3n) is 5.99. The Morgan fingerprint density at radius 2 is 2.00 bits per heavy atom. The zero-order valence-corrected chi connectivity index (χ0v) is 16.9. The summed E-state index contributed by atoms with van der Waals surface area (Å²) in [6.45, 7) is 7.95. The van der Waals surface area contributed by atoms with Gasteiger partial charge in [-0.15, -0.1) is 0 Å². The van der Waals surface area contributed by atoms with Crippen LogP contribution in [0.15, 0.2) is 54.6 Å². The third-order valence-corrected chi connectivity index (χ3v) is 5.99. The van der Waals surface area contributed by atoms with Crippen LogP contribution in [0.25, 0.3) is 6.08 Å². The molecule has 4 nitrogen and oxygen atoms in total. The second kappa shape index (κ2) is 7.01. The van der Waals surface area contributed by atoms with Crippen molar-refractivity contribution in [1.82, 2.24) is 5.32 Å². The average Bonchev–Trinajstić information content (AvgIpc) is 2.89. The van der Waals surface area contributed by atoms with Crippen molar-refractivity contribution in [3.05, 3.63) is 65.7 Å². The molecule has 146 valence electrons. The van der Waals surface area contributed by atoms with Crippen molar-refractivity contribution in [2.75, 3.05) is 18.1 Å². The maximum Gasteiger partial charge on any atom is 0.223 e. The Morgan fingerprint density at radius 3 is 2.82 bits per heavy atom. The lowest BCUT2D eigenvalue weighted by Gasteiger charge is -2.49. The minimum atomic E-state index is -0.577.